The Kier molecular flexibility index (Phi) is 4.14. The van der Waals surface area contributed by atoms with Crippen LogP contribution in [-0.4, -0.2) is 18.0 Å². The van der Waals surface area contributed by atoms with Crippen LogP contribution in [0.25, 0.3) is 11.1 Å². The second-order valence-corrected chi connectivity index (χ2v) is 5.58. The van der Waals surface area contributed by atoms with E-state index < -0.39 is 0 Å². The summed E-state index contributed by atoms with van der Waals surface area (Å²) in [7, 11) is 0. The number of rotatable bonds is 4. The third kappa shape index (κ3) is 3.09. The summed E-state index contributed by atoms with van der Waals surface area (Å²) in [6.07, 6.45) is 2.71. The van der Waals surface area contributed by atoms with E-state index in [0.717, 1.165) is 6.54 Å². The lowest BCUT2D eigenvalue weighted by atomic mass is 10.0. The Labute approximate surface area is 121 Å². The minimum atomic E-state index is 0.606. The second kappa shape index (κ2) is 6.21. The zero-order chi connectivity index (χ0) is 13.8. The monoisotopic (exact) mass is 266 g/mol. The van der Waals surface area contributed by atoms with Crippen LogP contribution < -0.4 is 5.73 Å². The van der Waals surface area contributed by atoms with Crippen molar-refractivity contribution in [3.8, 4) is 11.1 Å². The molecule has 0 atom stereocenters. The van der Waals surface area contributed by atoms with E-state index in [2.05, 4.69) is 53.4 Å². The van der Waals surface area contributed by atoms with E-state index in [9.17, 15) is 0 Å². The molecule has 0 unspecified atom stereocenters. The SMILES string of the molecule is NCc1ccc(-c2ccc(CN3CCCC3)cc2)cc1. The highest BCUT2D eigenvalue weighted by Crippen LogP contribution is 2.21. The van der Waals surface area contributed by atoms with Crippen LogP contribution in [0.2, 0.25) is 0 Å². The molecule has 0 spiro atoms. The summed E-state index contributed by atoms with van der Waals surface area (Å²) in [5, 5.41) is 0. The van der Waals surface area contributed by atoms with Gasteiger partial charge in [0.2, 0.25) is 0 Å². The van der Waals surface area contributed by atoms with E-state index in [4.69, 9.17) is 5.73 Å². The molecule has 0 aromatic heterocycles. The van der Waals surface area contributed by atoms with Gasteiger partial charge in [0.15, 0.2) is 0 Å². The maximum atomic E-state index is 5.63. The normalized spacial score (nSPS) is 15.7. The van der Waals surface area contributed by atoms with Crippen LogP contribution in [0.4, 0.5) is 0 Å². The van der Waals surface area contributed by atoms with Gasteiger partial charge in [0.1, 0.15) is 0 Å². The Hall–Kier alpha value is -1.64. The third-order valence-corrected chi connectivity index (χ3v) is 4.08. The van der Waals surface area contributed by atoms with Crippen LogP contribution >= 0.6 is 0 Å². The van der Waals surface area contributed by atoms with Crippen LogP contribution in [0.3, 0.4) is 0 Å². The zero-order valence-corrected chi connectivity index (χ0v) is 11.9. The molecule has 1 saturated heterocycles. The van der Waals surface area contributed by atoms with Crippen molar-refractivity contribution in [1.82, 2.24) is 4.90 Å². The molecule has 2 aromatic carbocycles. The van der Waals surface area contributed by atoms with Gasteiger partial charge < -0.3 is 5.73 Å². The second-order valence-electron chi connectivity index (χ2n) is 5.58. The van der Waals surface area contributed by atoms with Gasteiger partial charge in [0.05, 0.1) is 0 Å². The average Bonchev–Trinajstić information content (AvgIpc) is 3.01. The summed E-state index contributed by atoms with van der Waals surface area (Å²) < 4.78 is 0. The van der Waals surface area contributed by atoms with Gasteiger partial charge in [-0.05, 0) is 48.2 Å². The average molecular weight is 266 g/mol. The highest BCUT2D eigenvalue weighted by atomic mass is 15.1. The number of likely N-dealkylation sites (tertiary alicyclic amines) is 1. The lowest BCUT2D eigenvalue weighted by Crippen LogP contribution is -2.18. The van der Waals surface area contributed by atoms with Gasteiger partial charge in [-0.2, -0.15) is 0 Å². The molecule has 0 amide bonds. The highest BCUT2D eigenvalue weighted by molar-refractivity contribution is 5.63. The van der Waals surface area contributed by atoms with Gasteiger partial charge in [-0.15, -0.1) is 0 Å². The lowest BCUT2D eigenvalue weighted by molar-refractivity contribution is 0.331. The molecular formula is C18H22N2. The molecular weight excluding hydrogens is 244 g/mol. The molecule has 3 rings (SSSR count). The third-order valence-electron chi connectivity index (χ3n) is 4.08. The quantitative estimate of drug-likeness (QED) is 0.919. The lowest BCUT2D eigenvalue weighted by Gasteiger charge is -2.14. The van der Waals surface area contributed by atoms with E-state index in [1.165, 1.54) is 48.2 Å². The van der Waals surface area contributed by atoms with Crippen LogP contribution in [0.15, 0.2) is 48.5 Å². The molecule has 1 aliphatic rings. The molecule has 20 heavy (non-hydrogen) atoms. The fraction of sp³-hybridized carbons (Fsp3) is 0.333. The van der Waals surface area contributed by atoms with Crippen LogP contribution in [-0.2, 0) is 13.1 Å². The molecule has 2 aromatic rings. The minimum absolute atomic E-state index is 0.606. The smallest absolute Gasteiger partial charge is 0.0233 e. The molecule has 1 aliphatic heterocycles. The Morgan fingerprint density at radius 2 is 1.25 bits per heavy atom. The minimum Gasteiger partial charge on any atom is -0.326 e. The first-order chi connectivity index (χ1) is 9.85. The molecule has 2 N–H and O–H groups in total. The summed E-state index contributed by atoms with van der Waals surface area (Å²) in [6.45, 7) is 4.20. The Bertz CT molecular complexity index is 537. The highest BCUT2D eigenvalue weighted by Gasteiger charge is 2.11. The van der Waals surface area contributed by atoms with Crippen LogP contribution in [0, 0.1) is 0 Å². The van der Waals surface area contributed by atoms with Crippen molar-refractivity contribution in [2.24, 2.45) is 5.73 Å². The molecule has 2 heteroatoms. The molecule has 104 valence electrons. The fourth-order valence-electron chi connectivity index (χ4n) is 2.83. The summed E-state index contributed by atoms with van der Waals surface area (Å²) in [4.78, 5) is 2.53. The van der Waals surface area contributed by atoms with Gasteiger partial charge in [0.25, 0.3) is 0 Å². The predicted molar refractivity (Wildman–Crippen MR) is 84.3 cm³/mol. The largest absolute Gasteiger partial charge is 0.326 e. The molecule has 1 heterocycles. The maximum Gasteiger partial charge on any atom is 0.0233 e. The predicted octanol–water partition coefficient (Wildman–Crippen LogP) is 3.41. The Balaban J connectivity index is 1.71. The van der Waals surface area contributed by atoms with E-state index in [0.29, 0.717) is 6.54 Å². The van der Waals surface area contributed by atoms with Gasteiger partial charge in [0, 0.05) is 13.1 Å². The van der Waals surface area contributed by atoms with Crippen LogP contribution in [0.1, 0.15) is 24.0 Å². The first-order valence-corrected chi connectivity index (χ1v) is 7.46. The van der Waals surface area contributed by atoms with Gasteiger partial charge in [-0.25, -0.2) is 0 Å². The van der Waals surface area contributed by atoms with Crippen molar-refractivity contribution in [2.75, 3.05) is 13.1 Å². The summed E-state index contributed by atoms with van der Waals surface area (Å²) in [6, 6.07) is 17.5. The Morgan fingerprint density at radius 1 is 0.750 bits per heavy atom. The topological polar surface area (TPSA) is 29.3 Å². The Morgan fingerprint density at radius 3 is 1.75 bits per heavy atom. The summed E-state index contributed by atoms with van der Waals surface area (Å²) >= 11 is 0. The van der Waals surface area contributed by atoms with Crippen molar-refractivity contribution in [1.29, 1.82) is 0 Å². The first kappa shape index (κ1) is 13.3. The molecule has 0 bridgehead atoms. The number of hydrogen-bond acceptors (Lipinski definition) is 2. The van der Waals surface area contributed by atoms with Gasteiger partial charge in [-0.1, -0.05) is 48.5 Å². The number of benzene rings is 2. The van der Waals surface area contributed by atoms with Crippen molar-refractivity contribution in [3.63, 3.8) is 0 Å². The molecule has 0 aliphatic carbocycles. The molecule has 0 radical (unpaired) electrons. The fourth-order valence-corrected chi connectivity index (χ4v) is 2.83. The van der Waals surface area contributed by atoms with E-state index in [-0.39, 0.29) is 0 Å². The zero-order valence-electron chi connectivity index (χ0n) is 11.9. The number of hydrogen-bond donors (Lipinski definition) is 1. The van der Waals surface area contributed by atoms with Crippen molar-refractivity contribution in [3.05, 3.63) is 59.7 Å². The van der Waals surface area contributed by atoms with E-state index in [1.807, 2.05) is 0 Å². The number of nitrogens with zero attached hydrogens (tertiary/aromatic N) is 1. The first-order valence-electron chi connectivity index (χ1n) is 7.46. The van der Waals surface area contributed by atoms with Crippen molar-refractivity contribution < 1.29 is 0 Å². The molecule has 1 fully saturated rings. The maximum absolute atomic E-state index is 5.63. The summed E-state index contributed by atoms with van der Waals surface area (Å²) in [5.41, 5.74) is 10.8. The van der Waals surface area contributed by atoms with E-state index >= 15 is 0 Å². The van der Waals surface area contributed by atoms with Crippen molar-refractivity contribution in [2.45, 2.75) is 25.9 Å². The van der Waals surface area contributed by atoms with Crippen LogP contribution in [0.5, 0.6) is 0 Å². The number of nitrogens with two attached hydrogens (primary N) is 1. The van der Waals surface area contributed by atoms with E-state index in [1.54, 1.807) is 0 Å². The molecule has 0 saturated carbocycles. The standard InChI is InChI=1S/C18H22N2/c19-13-15-3-7-17(8-4-15)18-9-5-16(6-10-18)14-20-11-1-2-12-20/h3-10H,1-2,11-14,19H2. The van der Waals surface area contributed by atoms with Gasteiger partial charge >= 0.3 is 0 Å². The van der Waals surface area contributed by atoms with Gasteiger partial charge in [-0.3, -0.25) is 4.90 Å². The van der Waals surface area contributed by atoms with Crippen molar-refractivity contribution >= 4 is 0 Å². The summed E-state index contributed by atoms with van der Waals surface area (Å²) in [5.74, 6) is 0. The molecule has 2 nitrogen and oxygen atoms in total.